The first-order chi connectivity index (χ1) is 6.31. The molecule has 0 heterocycles. The molecule has 0 unspecified atom stereocenters. The maximum atomic E-state index is 13.1. The van der Waals surface area contributed by atoms with Crippen molar-refractivity contribution in [2.45, 2.75) is 5.75 Å². The zero-order chi connectivity index (χ0) is 10.9. The van der Waals surface area contributed by atoms with Crippen LogP contribution < -0.4 is 0 Å². The predicted octanol–water partition coefficient (Wildman–Crippen LogP) is 2.12. The maximum absolute atomic E-state index is 13.1. The molecule has 0 aliphatic heterocycles. The van der Waals surface area contributed by atoms with Crippen molar-refractivity contribution in [1.29, 1.82) is 0 Å². The largest absolute Gasteiger partial charge is 0.285 e. The Bertz CT molecular complexity index is 458. The van der Waals surface area contributed by atoms with Crippen LogP contribution in [0.3, 0.4) is 0 Å². The van der Waals surface area contributed by atoms with Crippen molar-refractivity contribution >= 4 is 26.0 Å². The van der Waals surface area contributed by atoms with Crippen molar-refractivity contribution in [3.8, 4) is 0 Å². The standard InChI is InChI=1S/C7H5BrF2O3S/c8-6-5(9)2-1-4(7(6)10)3-14(11,12)13/h1-2H,3H2,(H,11,12,13). The Hall–Kier alpha value is -0.530. The van der Waals surface area contributed by atoms with Crippen molar-refractivity contribution in [3.05, 3.63) is 33.8 Å². The Morgan fingerprint density at radius 1 is 1.36 bits per heavy atom. The first-order valence-electron chi connectivity index (χ1n) is 3.39. The molecule has 14 heavy (non-hydrogen) atoms. The molecule has 0 amide bonds. The molecule has 0 atom stereocenters. The molecule has 0 aliphatic rings. The summed E-state index contributed by atoms with van der Waals surface area (Å²) in [6, 6.07) is 1.87. The highest BCUT2D eigenvalue weighted by Gasteiger charge is 2.15. The molecule has 0 radical (unpaired) electrons. The third-order valence-electron chi connectivity index (χ3n) is 1.45. The fourth-order valence-electron chi connectivity index (χ4n) is 0.874. The predicted molar refractivity (Wildman–Crippen MR) is 49.3 cm³/mol. The van der Waals surface area contributed by atoms with E-state index in [9.17, 15) is 17.2 Å². The lowest BCUT2D eigenvalue weighted by Crippen LogP contribution is -2.04. The van der Waals surface area contributed by atoms with E-state index in [0.717, 1.165) is 12.1 Å². The summed E-state index contributed by atoms with van der Waals surface area (Å²) in [5, 5.41) is 0. The van der Waals surface area contributed by atoms with Gasteiger partial charge in [0.15, 0.2) is 0 Å². The number of benzene rings is 1. The molecule has 0 saturated carbocycles. The van der Waals surface area contributed by atoms with Crippen LogP contribution in [0, 0.1) is 11.6 Å². The van der Waals surface area contributed by atoms with Crippen LogP contribution in [0.1, 0.15) is 5.56 Å². The zero-order valence-electron chi connectivity index (χ0n) is 6.67. The van der Waals surface area contributed by atoms with Crippen LogP contribution in [0.4, 0.5) is 8.78 Å². The first kappa shape index (κ1) is 11.5. The van der Waals surface area contributed by atoms with Gasteiger partial charge in [-0.25, -0.2) is 8.78 Å². The molecular weight excluding hydrogens is 282 g/mol. The summed E-state index contributed by atoms with van der Waals surface area (Å²) in [6.45, 7) is 0. The van der Waals surface area contributed by atoms with Crippen LogP contribution >= 0.6 is 15.9 Å². The molecular formula is C7H5BrF2O3S. The third kappa shape index (κ3) is 2.73. The van der Waals surface area contributed by atoms with Gasteiger partial charge in [0.05, 0.1) is 4.47 Å². The summed E-state index contributed by atoms with van der Waals surface area (Å²) < 4.78 is 54.7. The number of rotatable bonds is 2. The topological polar surface area (TPSA) is 54.4 Å². The molecule has 1 N–H and O–H groups in total. The summed E-state index contributed by atoms with van der Waals surface area (Å²) in [4.78, 5) is 0. The molecule has 0 saturated heterocycles. The van der Waals surface area contributed by atoms with E-state index >= 15 is 0 Å². The number of halogens is 3. The monoisotopic (exact) mass is 286 g/mol. The van der Waals surface area contributed by atoms with Crippen LogP contribution in [0.2, 0.25) is 0 Å². The minimum Gasteiger partial charge on any atom is -0.285 e. The third-order valence-corrected chi connectivity index (χ3v) is 2.86. The van der Waals surface area contributed by atoms with E-state index in [2.05, 4.69) is 15.9 Å². The van der Waals surface area contributed by atoms with E-state index in [0.29, 0.717) is 0 Å². The van der Waals surface area contributed by atoms with Gasteiger partial charge in [-0.3, -0.25) is 4.55 Å². The van der Waals surface area contributed by atoms with Crippen LogP contribution in [-0.4, -0.2) is 13.0 Å². The zero-order valence-corrected chi connectivity index (χ0v) is 9.07. The Morgan fingerprint density at radius 2 is 1.93 bits per heavy atom. The minimum absolute atomic E-state index is 0.291. The van der Waals surface area contributed by atoms with Crippen LogP contribution in [-0.2, 0) is 15.9 Å². The van der Waals surface area contributed by atoms with Crippen molar-refractivity contribution in [3.63, 3.8) is 0 Å². The van der Waals surface area contributed by atoms with Gasteiger partial charge in [0, 0.05) is 5.56 Å². The number of hydrogen-bond acceptors (Lipinski definition) is 2. The lowest BCUT2D eigenvalue weighted by Gasteiger charge is -2.03. The molecule has 0 aromatic heterocycles. The van der Waals surface area contributed by atoms with Gasteiger partial charge in [-0.2, -0.15) is 8.42 Å². The Balaban J connectivity index is 3.19. The lowest BCUT2D eigenvalue weighted by molar-refractivity contribution is 0.479. The lowest BCUT2D eigenvalue weighted by atomic mass is 10.2. The molecule has 0 bridgehead atoms. The smallest absolute Gasteiger partial charge is 0.269 e. The Labute approximate surface area is 87.6 Å². The Morgan fingerprint density at radius 3 is 2.43 bits per heavy atom. The summed E-state index contributed by atoms with van der Waals surface area (Å²) in [5.41, 5.74) is -0.291. The molecule has 78 valence electrons. The highest BCUT2D eigenvalue weighted by molar-refractivity contribution is 9.10. The second-order valence-corrected chi connectivity index (χ2v) is 4.81. The molecule has 1 aromatic carbocycles. The van der Waals surface area contributed by atoms with E-state index in [4.69, 9.17) is 4.55 Å². The molecule has 1 aromatic rings. The van der Waals surface area contributed by atoms with Crippen molar-refractivity contribution in [2.75, 3.05) is 0 Å². The molecule has 7 heteroatoms. The number of hydrogen-bond donors (Lipinski definition) is 1. The average Bonchev–Trinajstić information content (AvgIpc) is 2.04. The van der Waals surface area contributed by atoms with Crippen LogP contribution in [0.15, 0.2) is 16.6 Å². The van der Waals surface area contributed by atoms with Gasteiger partial charge in [-0.05, 0) is 22.0 Å². The SMILES string of the molecule is O=S(=O)(O)Cc1ccc(F)c(Br)c1F. The van der Waals surface area contributed by atoms with Crippen LogP contribution in [0.25, 0.3) is 0 Å². The van der Waals surface area contributed by atoms with Gasteiger partial charge >= 0.3 is 0 Å². The second kappa shape index (κ2) is 3.92. The summed E-state index contributed by atoms with van der Waals surface area (Å²) >= 11 is 2.61. The Kier molecular flexibility index (Phi) is 3.23. The molecule has 0 fully saturated rings. The van der Waals surface area contributed by atoms with Gasteiger partial charge in [0.1, 0.15) is 17.4 Å². The fourth-order valence-corrected chi connectivity index (χ4v) is 1.88. The summed E-state index contributed by atoms with van der Waals surface area (Å²) in [6.07, 6.45) is 0. The van der Waals surface area contributed by atoms with E-state index in [1.54, 1.807) is 0 Å². The van der Waals surface area contributed by atoms with Crippen molar-refractivity contribution < 1.29 is 21.8 Å². The summed E-state index contributed by atoms with van der Waals surface area (Å²) in [7, 11) is -4.31. The quantitative estimate of drug-likeness (QED) is 0.669. The van der Waals surface area contributed by atoms with Crippen LogP contribution in [0.5, 0.6) is 0 Å². The molecule has 0 spiro atoms. The van der Waals surface area contributed by atoms with Gasteiger partial charge < -0.3 is 0 Å². The van der Waals surface area contributed by atoms with Crippen molar-refractivity contribution in [2.24, 2.45) is 0 Å². The minimum atomic E-state index is -4.31. The van der Waals surface area contributed by atoms with Gasteiger partial charge in [0.25, 0.3) is 10.1 Å². The summed E-state index contributed by atoms with van der Waals surface area (Å²) in [5.74, 6) is -2.73. The van der Waals surface area contributed by atoms with E-state index in [1.165, 1.54) is 0 Å². The van der Waals surface area contributed by atoms with E-state index in [1.807, 2.05) is 0 Å². The average molecular weight is 287 g/mol. The fraction of sp³-hybridized carbons (Fsp3) is 0.143. The molecule has 1 rings (SSSR count). The van der Waals surface area contributed by atoms with E-state index in [-0.39, 0.29) is 5.56 Å². The first-order valence-corrected chi connectivity index (χ1v) is 5.79. The van der Waals surface area contributed by atoms with Gasteiger partial charge in [-0.1, -0.05) is 6.07 Å². The maximum Gasteiger partial charge on any atom is 0.269 e. The normalized spacial score (nSPS) is 11.7. The van der Waals surface area contributed by atoms with Gasteiger partial charge in [-0.15, -0.1) is 0 Å². The highest BCUT2D eigenvalue weighted by Crippen LogP contribution is 2.23. The van der Waals surface area contributed by atoms with E-state index < -0.39 is 32.0 Å². The molecule has 3 nitrogen and oxygen atoms in total. The van der Waals surface area contributed by atoms with Crippen molar-refractivity contribution in [1.82, 2.24) is 0 Å². The highest BCUT2D eigenvalue weighted by atomic mass is 79.9. The molecule has 0 aliphatic carbocycles. The second-order valence-electron chi connectivity index (χ2n) is 2.56. The van der Waals surface area contributed by atoms with Gasteiger partial charge in [0.2, 0.25) is 0 Å².